The second kappa shape index (κ2) is 7.34. The summed E-state index contributed by atoms with van der Waals surface area (Å²) in [6.07, 6.45) is 6.15. The number of amides is 1. The molecule has 2 aromatic heterocycles. The smallest absolute Gasteiger partial charge is 0.277 e. The van der Waals surface area contributed by atoms with Gasteiger partial charge in [0.1, 0.15) is 11.6 Å². The Morgan fingerprint density at radius 2 is 1.85 bits per heavy atom. The van der Waals surface area contributed by atoms with Gasteiger partial charge in [-0.25, -0.2) is 13.8 Å². The molecule has 7 heteroatoms. The lowest BCUT2D eigenvalue weighted by Gasteiger charge is -2.29. The first-order chi connectivity index (χ1) is 13.1. The maximum atomic E-state index is 14.2. The molecule has 5 nitrogen and oxygen atoms in total. The number of aromatic nitrogens is 1. The molecule has 0 aliphatic heterocycles. The van der Waals surface area contributed by atoms with E-state index in [1.54, 1.807) is 12.1 Å². The number of benzene rings is 1. The lowest BCUT2D eigenvalue weighted by molar-refractivity contribution is 0.0654. The molecule has 0 radical (unpaired) electrons. The van der Waals surface area contributed by atoms with Crippen LogP contribution >= 0.6 is 0 Å². The summed E-state index contributed by atoms with van der Waals surface area (Å²) in [6.45, 7) is -0.160. The zero-order chi connectivity index (χ0) is 18.8. The molecule has 1 saturated carbocycles. The highest BCUT2D eigenvalue weighted by Gasteiger charge is 2.32. The third kappa shape index (κ3) is 3.37. The Morgan fingerprint density at radius 3 is 2.52 bits per heavy atom. The van der Waals surface area contributed by atoms with Crippen LogP contribution in [0.25, 0.3) is 11.5 Å². The van der Waals surface area contributed by atoms with E-state index in [2.05, 4.69) is 4.98 Å². The number of rotatable bonds is 5. The van der Waals surface area contributed by atoms with Crippen LogP contribution in [0, 0.1) is 11.6 Å². The Bertz CT molecular complexity index is 910. The summed E-state index contributed by atoms with van der Waals surface area (Å²) in [6, 6.07) is 6.93. The predicted molar refractivity (Wildman–Crippen MR) is 92.7 cm³/mol. The summed E-state index contributed by atoms with van der Waals surface area (Å²) in [5, 5.41) is 0. The van der Waals surface area contributed by atoms with Crippen molar-refractivity contribution in [2.75, 3.05) is 0 Å². The zero-order valence-corrected chi connectivity index (χ0v) is 14.5. The minimum atomic E-state index is -0.669. The number of hydrogen-bond donors (Lipinski definition) is 0. The average Bonchev–Trinajstić information content (AvgIpc) is 3.42. The van der Waals surface area contributed by atoms with Gasteiger partial charge in [0.05, 0.1) is 12.8 Å². The molecule has 0 spiro atoms. The van der Waals surface area contributed by atoms with Gasteiger partial charge in [0.25, 0.3) is 5.91 Å². The Balaban J connectivity index is 1.69. The van der Waals surface area contributed by atoms with Gasteiger partial charge in [-0.15, -0.1) is 0 Å². The van der Waals surface area contributed by atoms with Gasteiger partial charge in [0.15, 0.2) is 17.8 Å². The first-order valence-corrected chi connectivity index (χ1v) is 8.86. The van der Waals surface area contributed by atoms with Crippen LogP contribution in [0.4, 0.5) is 8.78 Å². The molecule has 1 fully saturated rings. The molecule has 1 amide bonds. The van der Waals surface area contributed by atoms with Gasteiger partial charge in [-0.1, -0.05) is 18.9 Å². The van der Waals surface area contributed by atoms with Gasteiger partial charge in [-0.3, -0.25) is 4.79 Å². The molecule has 3 aromatic rings. The molecule has 140 valence electrons. The lowest BCUT2D eigenvalue weighted by Crippen LogP contribution is -2.39. The number of nitrogens with zero attached hydrogens (tertiary/aromatic N) is 2. The van der Waals surface area contributed by atoms with E-state index in [1.165, 1.54) is 35.8 Å². The maximum absolute atomic E-state index is 14.2. The average molecular weight is 372 g/mol. The van der Waals surface area contributed by atoms with Crippen molar-refractivity contribution in [3.63, 3.8) is 0 Å². The number of furan rings is 1. The predicted octanol–water partition coefficient (Wildman–Crippen LogP) is 4.80. The monoisotopic (exact) mass is 372 g/mol. The van der Waals surface area contributed by atoms with Crippen molar-refractivity contribution in [3.05, 3.63) is 65.9 Å². The Kier molecular flexibility index (Phi) is 4.75. The Labute approximate surface area is 154 Å². The van der Waals surface area contributed by atoms with Gasteiger partial charge < -0.3 is 13.7 Å². The first-order valence-electron chi connectivity index (χ1n) is 8.86. The molecule has 1 aliphatic rings. The van der Waals surface area contributed by atoms with Crippen molar-refractivity contribution in [1.82, 2.24) is 9.88 Å². The van der Waals surface area contributed by atoms with Crippen LogP contribution in [0.5, 0.6) is 0 Å². The van der Waals surface area contributed by atoms with Gasteiger partial charge in [-0.2, -0.15) is 0 Å². The Morgan fingerprint density at radius 1 is 1.11 bits per heavy atom. The zero-order valence-electron chi connectivity index (χ0n) is 14.5. The van der Waals surface area contributed by atoms with E-state index in [9.17, 15) is 13.6 Å². The van der Waals surface area contributed by atoms with E-state index in [0.717, 1.165) is 25.7 Å². The molecular weight excluding hydrogens is 354 g/mol. The molecule has 0 atom stereocenters. The van der Waals surface area contributed by atoms with Crippen molar-refractivity contribution in [3.8, 4) is 11.5 Å². The minimum Gasteiger partial charge on any atom is -0.461 e. The number of carbonyl (C=O) groups is 1. The van der Waals surface area contributed by atoms with Crippen LogP contribution in [0.15, 0.2) is 51.8 Å². The van der Waals surface area contributed by atoms with E-state index in [4.69, 9.17) is 8.83 Å². The summed E-state index contributed by atoms with van der Waals surface area (Å²) in [5.41, 5.74) is -0.0469. The van der Waals surface area contributed by atoms with Crippen molar-refractivity contribution >= 4 is 5.91 Å². The van der Waals surface area contributed by atoms with Gasteiger partial charge in [0, 0.05) is 11.6 Å². The van der Waals surface area contributed by atoms with Crippen LogP contribution < -0.4 is 0 Å². The van der Waals surface area contributed by atoms with Crippen LogP contribution in [0.1, 0.15) is 41.7 Å². The molecule has 1 aromatic carbocycles. The fourth-order valence-electron chi connectivity index (χ4n) is 3.55. The van der Waals surface area contributed by atoms with Crippen molar-refractivity contribution < 1.29 is 22.4 Å². The molecule has 27 heavy (non-hydrogen) atoms. The van der Waals surface area contributed by atoms with Crippen LogP contribution in [-0.2, 0) is 6.54 Å². The number of oxazole rings is 1. The van der Waals surface area contributed by atoms with Crippen molar-refractivity contribution in [2.24, 2.45) is 0 Å². The molecular formula is C20H18F2N2O3. The summed E-state index contributed by atoms with van der Waals surface area (Å²) in [7, 11) is 0. The van der Waals surface area contributed by atoms with E-state index in [0.29, 0.717) is 5.76 Å². The summed E-state index contributed by atoms with van der Waals surface area (Å²) < 4.78 is 39.0. The van der Waals surface area contributed by atoms with Gasteiger partial charge in [-0.05, 0) is 37.1 Å². The largest absolute Gasteiger partial charge is 0.461 e. The van der Waals surface area contributed by atoms with Crippen LogP contribution in [0.3, 0.4) is 0 Å². The topological polar surface area (TPSA) is 59.5 Å². The molecule has 0 saturated heterocycles. The highest BCUT2D eigenvalue weighted by Crippen LogP contribution is 2.30. The fraction of sp³-hybridized carbons (Fsp3) is 0.300. The van der Waals surface area contributed by atoms with Gasteiger partial charge >= 0.3 is 0 Å². The fourth-order valence-corrected chi connectivity index (χ4v) is 3.55. The highest BCUT2D eigenvalue weighted by molar-refractivity contribution is 5.97. The number of halogens is 2. The summed E-state index contributed by atoms with van der Waals surface area (Å²) >= 11 is 0. The van der Waals surface area contributed by atoms with Crippen LogP contribution in [0.2, 0.25) is 0 Å². The molecule has 0 unspecified atom stereocenters. The molecule has 0 N–H and O–H groups in total. The number of hydrogen-bond acceptors (Lipinski definition) is 4. The van der Waals surface area contributed by atoms with Crippen molar-refractivity contribution in [1.29, 1.82) is 0 Å². The van der Waals surface area contributed by atoms with E-state index in [-0.39, 0.29) is 29.6 Å². The SMILES string of the molecule is O=C(c1ncoc1-c1ccco1)N(Cc1c(F)cccc1F)C1CCCC1. The standard InChI is InChI=1S/C20H18F2N2O3/c21-15-7-3-8-16(22)14(15)11-24(13-5-1-2-6-13)20(25)18-19(27-12-23-18)17-9-4-10-26-17/h3-4,7-10,12-13H,1-2,5-6,11H2. The second-order valence-electron chi connectivity index (χ2n) is 6.58. The quantitative estimate of drug-likeness (QED) is 0.646. The third-order valence-electron chi connectivity index (χ3n) is 4.93. The summed E-state index contributed by atoms with van der Waals surface area (Å²) in [5.74, 6) is -1.18. The summed E-state index contributed by atoms with van der Waals surface area (Å²) in [4.78, 5) is 18.8. The third-order valence-corrected chi connectivity index (χ3v) is 4.93. The maximum Gasteiger partial charge on any atom is 0.277 e. The molecule has 1 aliphatic carbocycles. The molecule has 0 bridgehead atoms. The van der Waals surface area contributed by atoms with Crippen molar-refractivity contribution in [2.45, 2.75) is 38.3 Å². The van der Waals surface area contributed by atoms with Gasteiger partial charge in [0.2, 0.25) is 5.76 Å². The lowest BCUT2D eigenvalue weighted by atomic mass is 10.1. The highest BCUT2D eigenvalue weighted by atomic mass is 19.1. The van der Waals surface area contributed by atoms with E-state index >= 15 is 0 Å². The van der Waals surface area contributed by atoms with Crippen LogP contribution in [-0.4, -0.2) is 21.8 Å². The normalized spacial score (nSPS) is 14.6. The molecule has 2 heterocycles. The van der Waals surface area contributed by atoms with E-state index < -0.39 is 17.5 Å². The number of carbonyl (C=O) groups excluding carboxylic acids is 1. The minimum absolute atomic E-state index is 0.0774. The molecule has 4 rings (SSSR count). The Hall–Kier alpha value is -2.96. The second-order valence-corrected chi connectivity index (χ2v) is 6.58. The first kappa shape index (κ1) is 17.5. The van der Waals surface area contributed by atoms with E-state index in [1.807, 2.05) is 0 Å².